The van der Waals surface area contributed by atoms with Crippen LogP contribution in [0.5, 0.6) is 5.75 Å². The first-order chi connectivity index (χ1) is 11.6. The standard InChI is InChI=1S/C19H18N2O3/c1-13-10-14-6-2-3-7-15(14)21(13)18(22)11-20-16-8-4-5-9-17(16)24-12-19(20)23/h2-9,13H,10-12H2,1H3/t13-/m1/s1. The maximum absolute atomic E-state index is 12.9. The number of anilines is 2. The number of fused-ring (bicyclic) bond motifs is 2. The van der Waals surface area contributed by atoms with Crippen LogP contribution in [0.25, 0.3) is 0 Å². The Kier molecular flexibility index (Phi) is 3.49. The first kappa shape index (κ1) is 14.8. The van der Waals surface area contributed by atoms with Crippen molar-refractivity contribution in [3.8, 4) is 5.75 Å². The van der Waals surface area contributed by atoms with Crippen molar-refractivity contribution in [2.75, 3.05) is 23.0 Å². The molecule has 0 aromatic heterocycles. The molecular weight excluding hydrogens is 304 g/mol. The Labute approximate surface area is 140 Å². The zero-order chi connectivity index (χ0) is 16.7. The van der Waals surface area contributed by atoms with Crippen LogP contribution in [0.4, 0.5) is 11.4 Å². The summed E-state index contributed by atoms with van der Waals surface area (Å²) in [5.74, 6) is 0.374. The monoisotopic (exact) mass is 322 g/mol. The number of hydrogen-bond acceptors (Lipinski definition) is 3. The second-order valence-electron chi connectivity index (χ2n) is 6.18. The summed E-state index contributed by atoms with van der Waals surface area (Å²) in [4.78, 5) is 28.5. The van der Waals surface area contributed by atoms with Gasteiger partial charge < -0.3 is 9.64 Å². The van der Waals surface area contributed by atoms with Gasteiger partial charge in [0.1, 0.15) is 12.3 Å². The van der Waals surface area contributed by atoms with Crippen molar-refractivity contribution in [3.63, 3.8) is 0 Å². The molecule has 2 heterocycles. The van der Waals surface area contributed by atoms with Crippen molar-refractivity contribution in [1.82, 2.24) is 0 Å². The Bertz CT molecular complexity index is 818. The van der Waals surface area contributed by atoms with Gasteiger partial charge in [-0.05, 0) is 37.1 Å². The zero-order valence-electron chi connectivity index (χ0n) is 13.4. The van der Waals surface area contributed by atoms with Crippen LogP contribution in [-0.4, -0.2) is 31.0 Å². The van der Waals surface area contributed by atoms with Gasteiger partial charge in [-0.3, -0.25) is 14.5 Å². The van der Waals surface area contributed by atoms with E-state index >= 15 is 0 Å². The summed E-state index contributed by atoms with van der Waals surface area (Å²) in [5, 5.41) is 0. The normalized spacial score (nSPS) is 18.9. The van der Waals surface area contributed by atoms with E-state index < -0.39 is 0 Å². The van der Waals surface area contributed by atoms with Gasteiger partial charge in [0.05, 0.1) is 5.69 Å². The van der Waals surface area contributed by atoms with E-state index in [0.29, 0.717) is 11.4 Å². The van der Waals surface area contributed by atoms with E-state index in [1.54, 1.807) is 11.0 Å². The lowest BCUT2D eigenvalue weighted by Gasteiger charge is -2.31. The van der Waals surface area contributed by atoms with Crippen LogP contribution in [0.2, 0.25) is 0 Å². The average Bonchev–Trinajstić information content (AvgIpc) is 2.93. The molecule has 2 aliphatic heterocycles. The van der Waals surface area contributed by atoms with Crippen LogP contribution < -0.4 is 14.5 Å². The molecule has 0 spiro atoms. The predicted molar refractivity (Wildman–Crippen MR) is 91.4 cm³/mol. The van der Waals surface area contributed by atoms with E-state index in [1.807, 2.05) is 49.4 Å². The van der Waals surface area contributed by atoms with Gasteiger partial charge in [-0.25, -0.2) is 0 Å². The molecule has 24 heavy (non-hydrogen) atoms. The second-order valence-corrected chi connectivity index (χ2v) is 6.18. The number of hydrogen-bond donors (Lipinski definition) is 0. The highest BCUT2D eigenvalue weighted by molar-refractivity contribution is 6.06. The van der Waals surface area contributed by atoms with E-state index in [-0.39, 0.29) is 31.0 Å². The summed E-state index contributed by atoms with van der Waals surface area (Å²) >= 11 is 0. The Hall–Kier alpha value is -2.82. The largest absolute Gasteiger partial charge is 0.482 e. The minimum absolute atomic E-state index is 0.0257. The fourth-order valence-corrected chi connectivity index (χ4v) is 3.48. The SMILES string of the molecule is C[C@@H]1Cc2ccccc2N1C(=O)CN1C(=O)COc2ccccc21. The van der Waals surface area contributed by atoms with Gasteiger partial charge in [0, 0.05) is 11.7 Å². The Morgan fingerprint density at radius 2 is 1.83 bits per heavy atom. The van der Waals surface area contributed by atoms with Crippen molar-refractivity contribution in [2.24, 2.45) is 0 Å². The summed E-state index contributed by atoms with van der Waals surface area (Å²) in [6.45, 7) is 2.03. The Morgan fingerprint density at radius 3 is 2.67 bits per heavy atom. The molecule has 1 atom stereocenters. The van der Waals surface area contributed by atoms with Crippen molar-refractivity contribution in [3.05, 3.63) is 54.1 Å². The quantitative estimate of drug-likeness (QED) is 0.853. The van der Waals surface area contributed by atoms with Crippen molar-refractivity contribution in [1.29, 1.82) is 0 Å². The van der Waals surface area contributed by atoms with Crippen LogP contribution in [0.3, 0.4) is 0 Å². The van der Waals surface area contributed by atoms with Crippen LogP contribution in [0, 0.1) is 0 Å². The highest BCUT2D eigenvalue weighted by Gasteiger charge is 2.34. The number of benzene rings is 2. The number of amides is 2. The van der Waals surface area contributed by atoms with Crippen molar-refractivity contribution in [2.45, 2.75) is 19.4 Å². The van der Waals surface area contributed by atoms with E-state index in [4.69, 9.17) is 4.74 Å². The lowest BCUT2D eigenvalue weighted by Crippen LogP contribution is -2.48. The van der Waals surface area contributed by atoms with Gasteiger partial charge in [0.15, 0.2) is 6.61 Å². The maximum Gasteiger partial charge on any atom is 0.265 e. The summed E-state index contributed by atoms with van der Waals surface area (Å²) in [6.07, 6.45) is 0.843. The molecule has 0 radical (unpaired) electrons. The molecule has 0 aliphatic carbocycles. The van der Waals surface area contributed by atoms with Gasteiger partial charge in [-0.1, -0.05) is 30.3 Å². The molecule has 2 amide bonds. The average molecular weight is 322 g/mol. The molecular formula is C19H18N2O3. The fraction of sp³-hybridized carbons (Fsp3) is 0.263. The molecule has 0 bridgehead atoms. The van der Waals surface area contributed by atoms with Gasteiger partial charge in [-0.2, -0.15) is 0 Å². The third-order valence-electron chi connectivity index (χ3n) is 4.58. The Balaban J connectivity index is 1.62. The summed E-state index contributed by atoms with van der Waals surface area (Å²) in [6, 6.07) is 15.3. The third-order valence-corrected chi connectivity index (χ3v) is 4.58. The van der Waals surface area contributed by atoms with Crippen molar-refractivity contribution < 1.29 is 14.3 Å². The molecule has 2 aliphatic rings. The van der Waals surface area contributed by atoms with E-state index in [2.05, 4.69) is 0 Å². The van der Waals surface area contributed by atoms with Crippen LogP contribution in [0.1, 0.15) is 12.5 Å². The summed E-state index contributed by atoms with van der Waals surface area (Å²) < 4.78 is 5.43. The predicted octanol–water partition coefficient (Wildman–Crippen LogP) is 2.39. The summed E-state index contributed by atoms with van der Waals surface area (Å²) in [5.41, 5.74) is 2.78. The maximum atomic E-state index is 12.9. The highest BCUT2D eigenvalue weighted by atomic mass is 16.5. The van der Waals surface area contributed by atoms with Gasteiger partial charge in [0.2, 0.25) is 5.91 Å². The minimum Gasteiger partial charge on any atom is -0.482 e. The lowest BCUT2D eigenvalue weighted by atomic mass is 10.1. The number of para-hydroxylation sites is 3. The second kappa shape index (κ2) is 5.67. The van der Waals surface area contributed by atoms with E-state index in [9.17, 15) is 9.59 Å². The topological polar surface area (TPSA) is 49.9 Å². The molecule has 4 rings (SSSR count). The van der Waals surface area contributed by atoms with E-state index in [0.717, 1.165) is 12.1 Å². The van der Waals surface area contributed by atoms with Gasteiger partial charge in [-0.15, -0.1) is 0 Å². The Morgan fingerprint density at radius 1 is 1.12 bits per heavy atom. The molecule has 0 N–H and O–H groups in total. The molecule has 0 unspecified atom stereocenters. The minimum atomic E-state index is -0.192. The summed E-state index contributed by atoms with van der Waals surface area (Å²) in [7, 11) is 0. The molecule has 0 saturated heterocycles. The first-order valence-electron chi connectivity index (χ1n) is 8.07. The molecule has 5 heteroatoms. The van der Waals surface area contributed by atoms with Crippen LogP contribution >= 0.6 is 0 Å². The van der Waals surface area contributed by atoms with Gasteiger partial charge in [0.25, 0.3) is 5.91 Å². The van der Waals surface area contributed by atoms with E-state index in [1.165, 1.54) is 10.5 Å². The van der Waals surface area contributed by atoms with Crippen molar-refractivity contribution >= 4 is 23.2 Å². The molecule has 2 aromatic rings. The number of carbonyl (C=O) groups is 2. The lowest BCUT2D eigenvalue weighted by molar-refractivity contribution is -0.124. The number of carbonyl (C=O) groups excluding carboxylic acids is 2. The fourth-order valence-electron chi connectivity index (χ4n) is 3.48. The molecule has 2 aromatic carbocycles. The smallest absolute Gasteiger partial charge is 0.265 e. The number of ether oxygens (including phenoxy) is 1. The molecule has 0 fully saturated rings. The number of nitrogens with zero attached hydrogens (tertiary/aromatic N) is 2. The molecule has 122 valence electrons. The number of rotatable bonds is 2. The molecule has 5 nitrogen and oxygen atoms in total. The first-order valence-corrected chi connectivity index (χ1v) is 8.07. The van der Waals surface area contributed by atoms with Crippen LogP contribution in [0.15, 0.2) is 48.5 Å². The molecule has 0 saturated carbocycles. The van der Waals surface area contributed by atoms with Gasteiger partial charge >= 0.3 is 0 Å². The zero-order valence-corrected chi connectivity index (χ0v) is 13.4. The van der Waals surface area contributed by atoms with Crippen LogP contribution in [-0.2, 0) is 16.0 Å². The third kappa shape index (κ3) is 2.33. The highest BCUT2D eigenvalue weighted by Crippen LogP contribution is 2.34.